The molecular formula is C48H49ClN6O6S2. The molecule has 0 aliphatic carbocycles. The Morgan fingerprint density at radius 1 is 0.825 bits per heavy atom. The van der Waals surface area contributed by atoms with Crippen molar-refractivity contribution in [2.24, 2.45) is 5.14 Å². The van der Waals surface area contributed by atoms with Gasteiger partial charge in [-0.15, -0.1) is 11.8 Å². The van der Waals surface area contributed by atoms with Crippen LogP contribution in [0.2, 0.25) is 5.02 Å². The van der Waals surface area contributed by atoms with E-state index in [1.165, 1.54) is 38.9 Å². The maximum atomic E-state index is 14.9. The van der Waals surface area contributed by atoms with Crippen LogP contribution in [-0.2, 0) is 21.3 Å². The lowest BCUT2D eigenvalue weighted by Gasteiger charge is -2.37. The highest BCUT2D eigenvalue weighted by Gasteiger charge is 2.34. The Hall–Kier alpha value is -5.32. The number of thioether (sulfide) groups is 1. The minimum Gasteiger partial charge on any atom is -0.379 e. The second-order valence-electron chi connectivity index (χ2n) is 15.8. The third-order valence-electron chi connectivity index (χ3n) is 11.8. The Morgan fingerprint density at radius 3 is 2.22 bits per heavy atom. The van der Waals surface area contributed by atoms with Crippen molar-refractivity contribution >= 4 is 67.1 Å². The van der Waals surface area contributed by atoms with Gasteiger partial charge in [-0.25, -0.2) is 13.6 Å². The quantitative estimate of drug-likeness (QED) is 0.0605. The van der Waals surface area contributed by atoms with Gasteiger partial charge in [0.15, 0.2) is 0 Å². The van der Waals surface area contributed by atoms with Gasteiger partial charge in [0.2, 0.25) is 10.0 Å². The second-order valence-corrected chi connectivity index (χ2v) is 18.9. The van der Waals surface area contributed by atoms with Gasteiger partial charge < -0.3 is 9.64 Å². The highest BCUT2D eigenvalue weighted by Crippen LogP contribution is 2.37. The zero-order valence-corrected chi connectivity index (χ0v) is 37.1. The summed E-state index contributed by atoms with van der Waals surface area (Å²) < 4.78 is 30.3. The first-order chi connectivity index (χ1) is 30.5. The molecule has 2 N–H and O–H groups in total. The third kappa shape index (κ3) is 10.7. The number of fused-ring (bicyclic) bond motifs is 1. The molecular weight excluding hydrogens is 856 g/mol. The fourth-order valence-corrected chi connectivity index (χ4v) is 10.1. The number of benzene rings is 6. The van der Waals surface area contributed by atoms with Crippen molar-refractivity contribution in [1.29, 1.82) is 0 Å². The molecule has 0 unspecified atom stereocenters. The van der Waals surface area contributed by atoms with Crippen molar-refractivity contribution < 1.29 is 22.9 Å². The van der Waals surface area contributed by atoms with Crippen LogP contribution in [0.4, 0.5) is 17.1 Å². The number of nitrogens with zero attached hydrogens (tertiary/aromatic N) is 5. The van der Waals surface area contributed by atoms with Crippen LogP contribution in [-0.4, -0.2) is 99.9 Å². The Balaban J connectivity index is 1.04. The summed E-state index contributed by atoms with van der Waals surface area (Å²) in [6.07, 6.45) is 0.502. The molecule has 0 saturated carbocycles. The smallest absolute Gasteiger partial charge is 0.294 e. The van der Waals surface area contributed by atoms with Crippen molar-refractivity contribution in [2.75, 3.05) is 74.6 Å². The molecule has 2 aliphatic heterocycles. The van der Waals surface area contributed by atoms with E-state index in [1.807, 2.05) is 54.6 Å². The van der Waals surface area contributed by atoms with Crippen molar-refractivity contribution in [3.8, 4) is 11.1 Å². The number of hydrogen-bond acceptors (Lipinski definition) is 10. The fraction of sp³-hybridized carbons (Fsp3) is 0.271. The predicted molar refractivity (Wildman–Crippen MR) is 252 cm³/mol. The van der Waals surface area contributed by atoms with Crippen LogP contribution >= 0.6 is 23.4 Å². The molecule has 0 spiro atoms. The Morgan fingerprint density at radius 2 is 1.52 bits per heavy atom. The van der Waals surface area contributed by atoms with Crippen LogP contribution in [0, 0.1) is 10.1 Å². The summed E-state index contributed by atoms with van der Waals surface area (Å²) in [5.41, 5.74) is 4.40. The molecule has 2 fully saturated rings. The molecule has 2 aliphatic rings. The number of primary sulfonamides is 1. The molecule has 2 saturated heterocycles. The number of amides is 1. The van der Waals surface area contributed by atoms with Gasteiger partial charge in [-0.05, 0) is 94.5 Å². The average Bonchev–Trinajstić information content (AvgIpc) is 3.31. The zero-order chi connectivity index (χ0) is 43.9. The predicted octanol–water partition coefficient (Wildman–Crippen LogP) is 8.57. The molecule has 0 bridgehead atoms. The number of piperazine rings is 1. The molecule has 0 radical (unpaired) electrons. The lowest BCUT2D eigenvalue weighted by molar-refractivity contribution is -0.384. The van der Waals surface area contributed by atoms with E-state index in [0.717, 1.165) is 68.0 Å². The van der Waals surface area contributed by atoms with E-state index >= 15 is 0 Å². The first kappa shape index (κ1) is 44.3. The number of nitrogens with two attached hydrogens (primary N) is 1. The lowest BCUT2D eigenvalue weighted by atomic mass is 9.93. The normalized spacial score (nSPS) is 15.6. The highest BCUT2D eigenvalue weighted by molar-refractivity contribution is 7.99. The van der Waals surface area contributed by atoms with Gasteiger partial charge in [-0.1, -0.05) is 78.3 Å². The number of sulfonamides is 1. The number of ether oxygens (including phenoxy) is 1. The molecule has 6 aromatic rings. The molecule has 0 aromatic heterocycles. The fourth-order valence-electron chi connectivity index (χ4n) is 8.40. The van der Waals surface area contributed by atoms with Crippen LogP contribution < -0.4 is 14.9 Å². The first-order valence-electron chi connectivity index (χ1n) is 21.0. The minimum atomic E-state index is -4.27. The van der Waals surface area contributed by atoms with Crippen LogP contribution in [0.5, 0.6) is 0 Å². The van der Waals surface area contributed by atoms with Gasteiger partial charge in [0.25, 0.3) is 11.6 Å². The summed E-state index contributed by atoms with van der Waals surface area (Å²) in [4.78, 5) is 36.1. The summed E-state index contributed by atoms with van der Waals surface area (Å²) >= 11 is 7.81. The standard InChI is InChI=1S/C48H49ClN6O6S2/c49-38-15-10-36(11-16-38)44-20-14-35-6-4-5-9-43(35)45(44)33-52-24-26-53(27-25-52)39-17-12-37(13-18-39)48(56)54(46-21-19-42(63(50,59)60)32-47(46)55(57)58)40(22-23-51-28-30-61-31-29-51)34-62-41-7-2-1-3-8-41/h1-21,32,40H,22-31,33-34H2,(H2,50,59,60)/t40-/m1/s1. The number of anilines is 2. The number of nitro benzene ring substituents is 1. The van der Waals surface area contributed by atoms with Gasteiger partial charge in [0.05, 0.1) is 23.0 Å². The van der Waals surface area contributed by atoms with Crippen LogP contribution in [0.3, 0.4) is 0 Å². The summed E-state index contributed by atoms with van der Waals surface area (Å²) in [6, 6.07) is 41.1. The van der Waals surface area contributed by atoms with Crippen molar-refractivity contribution in [1.82, 2.24) is 9.80 Å². The molecule has 63 heavy (non-hydrogen) atoms. The third-order valence-corrected chi connectivity index (χ3v) is 14.1. The number of halogens is 1. The summed E-state index contributed by atoms with van der Waals surface area (Å²) in [6.45, 7) is 7.32. The van der Waals surface area contributed by atoms with Crippen LogP contribution in [0.1, 0.15) is 22.3 Å². The number of carbonyl (C=O) groups is 1. The van der Waals surface area contributed by atoms with Crippen molar-refractivity contribution in [2.45, 2.75) is 28.8 Å². The Kier molecular flexibility index (Phi) is 14.1. The van der Waals surface area contributed by atoms with Crippen LogP contribution in [0.25, 0.3) is 21.9 Å². The monoisotopic (exact) mass is 904 g/mol. The topological polar surface area (TPSA) is 143 Å². The number of hydrogen-bond donors (Lipinski definition) is 1. The SMILES string of the molecule is NS(=O)(=O)c1ccc(N(C(=O)c2ccc(N3CCN(Cc4c(-c5ccc(Cl)cc5)ccc5ccccc45)CC3)cc2)[C@H](CCN2CCOCC2)CSc2ccccc2)c([N+](=O)[O-])c1. The van der Waals surface area contributed by atoms with Gasteiger partial charge in [0, 0.05) is 91.4 Å². The maximum Gasteiger partial charge on any atom is 0.294 e. The number of rotatable bonds is 15. The average molecular weight is 906 g/mol. The maximum absolute atomic E-state index is 14.9. The van der Waals surface area contributed by atoms with E-state index in [2.05, 4.69) is 63.2 Å². The lowest BCUT2D eigenvalue weighted by Crippen LogP contribution is -2.46. The summed E-state index contributed by atoms with van der Waals surface area (Å²) in [5.74, 6) is 0.00121. The molecule has 1 amide bonds. The van der Waals surface area contributed by atoms with Gasteiger partial charge >= 0.3 is 0 Å². The van der Waals surface area contributed by atoms with Crippen LogP contribution in [0.15, 0.2) is 143 Å². The summed E-state index contributed by atoms with van der Waals surface area (Å²) in [7, 11) is -4.27. The highest BCUT2D eigenvalue weighted by atomic mass is 35.5. The van der Waals surface area contributed by atoms with E-state index in [1.54, 1.807) is 23.9 Å². The minimum absolute atomic E-state index is 0.00338. The number of morpholine rings is 1. The van der Waals surface area contributed by atoms with Crippen molar-refractivity contribution in [3.63, 3.8) is 0 Å². The van der Waals surface area contributed by atoms with Gasteiger partial charge in [-0.2, -0.15) is 0 Å². The molecule has 6 aromatic carbocycles. The van der Waals surface area contributed by atoms with Crippen molar-refractivity contribution in [3.05, 3.63) is 160 Å². The van der Waals surface area contributed by atoms with E-state index in [4.69, 9.17) is 21.5 Å². The molecule has 8 rings (SSSR count). The van der Waals surface area contributed by atoms with Gasteiger partial charge in [0.1, 0.15) is 5.69 Å². The number of carbonyl (C=O) groups excluding carboxylic acids is 1. The van der Waals surface area contributed by atoms with E-state index < -0.39 is 37.5 Å². The van der Waals surface area contributed by atoms with Gasteiger partial charge in [-0.3, -0.25) is 29.6 Å². The Labute approximate surface area is 377 Å². The summed E-state index contributed by atoms with van der Waals surface area (Å²) in [5, 5.41) is 21.2. The zero-order valence-electron chi connectivity index (χ0n) is 34.7. The molecule has 326 valence electrons. The van der Waals surface area contributed by atoms with E-state index in [0.29, 0.717) is 42.5 Å². The Bertz CT molecular complexity index is 2660. The molecule has 15 heteroatoms. The largest absolute Gasteiger partial charge is 0.379 e. The first-order valence-corrected chi connectivity index (χ1v) is 23.9. The second kappa shape index (κ2) is 20.0. The number of nitro groups is 1. The van der Waals surface area contributed by atoms with E-state index in [9.17, 15) is 23.3 Å². The molecule has 2 heterocycles. The molecule has 12 nitrogen and oxygen atoms in total. The molecule has 1 atom stereocenters. The van der Waals surface area contributed by atoms with E-state index in [-0.39, 0.29) is 5.69 Å².